The second kappa shape index (κ2) is 6.27. The second-order valence-corrected chi connectivity index (χ2v) is 6.87. The van der Waals surface area contributed by atoms with Gasteiger partial charge in [-0.2, -0.15) is 0 Å². The van der Waals surface area contributed by atoms with Crippen molar-refractivity contribution in [1.29, 1.82) is 0 Å². The van der Waals surface area contributed by atoms with Gasteiger partial charge in [0, 0.05) is 17.0 Å². The van der Waals surface area contributed by atoms with Gasteiger partial charge < -0.3 is 0 Å². The molecule has 6 nitrogen and oxygen atoms in total. The third-order valence-electron chi connectivity index (χ3n) is 2.97. The number of nitrogens with one attached hydrogen (secondary N) is 1. The molecule has 1 aromatic carbocycles. The summed E-state index contributed by atoms with van der Waals surface area (Å²) >= 11 is 2.42. The molecule has 1 amide bonds. The van der Waals surface area contributed by atoms with Crippen LogP contribution in [-0.4, -0.2) is 15.8 Å². The lowest BCUT2D eigenvalue weighted by Gasteiger charge is -1.94. The highest BCUT2D eigenvalue weighted by atomic mass is 32.1. The fraction of sp³-hybridized carbons (Fsp3) is 0.0667. The number of fused-ring (bicyclic) bond motifs is 1. The molecule has 3 rings (SSSR count). The van der Waals surface area contributed by atoms with Gasteiger partial charge in [0.1, 0.15) is 0 Å². The highest BCUT2D eigenvalue weighted by Gasteiger charge is 2.09. The molecular weight excluding hydrogens is 334 g/mol. The number of thiophene rings is 1. The highest BCUT2D eigenvalue weighted by molar-refractivity contribution is 7.22. The van der Waals surface area contributed by atoms with Crippen LogP contribution in [0.1, 0.15) is 10.4 Å². The molecule has 0 aliphatic heterocycles. The number of amides is 1. The lowest BCUT2D eigenvalue weighted by atomic mass is 10.2. The topological polar surface area (TPSA) is 85.1 Å². The third kappa shape index (κ3) is 3.61. The quantitative estimate of drug-likeness (QED) is 0.436. The molecule has 2 aromatic heterocycles. The number of aryl methyl sites for hydroxylation is 1. The Bertz CT molecular complexity index is 927. The summed E-state index contributed by atoms with van der Waals surface area (Å²) in [7, 11) is 0. The van der Waals surface area contributed by atoms with Gasteiger partial charge >= 0.3 is 5.00 Å². The number of carbonyl (C=O) groups is 1. The van der Waals surface area contributed by atoms with E-state index in [-0.39, 0.29) is 10.9 Å². The molecular formula is C15H11N3O3S2. The molecule has 23 heavy (non-hydrogen) atoms. The number of hydrogen-bond acceptors (Lipinski definition) is 6. The number of anilines is 1. The van der Waals surface area contributed by atoms with Crippen LogP contribution in [-0.2, 0) is 4.79 Å². The van der Waals surface area contributed by atoms with E-state index in [9.17, 15) is 14.9 Å². The van der Waals surface area contributed by atoms with E-state index in [1.165, 1.54) is 23.5 Å². The van der Waals surface area contributed by atoms with Crippen LogP contribution in [0.5, 0.6) is 0 Å². The highest BCUT2D eigenvalue weighted by Crippen LogP contribution is 2.27. The number of nitrogens with zero attached hydrogens (tertiary/aromatic N) is 2. The molecule has 2 heterocycles. The Morgan fingerprint density at radius 1 is 1.30 bits per heavy atom. The van der Waals surface area contributed by atoms with E-state index in [0.717, 1.165) is 27.1 Å². The summed E-state index contributed by atoms with van der Waals surface area (Å²) in [5, 5.41) is 13.9. The van der Waals surface area contributed by atoms with Crippen LogP contribution in [0.25, 0.3) is 16.3 Å². The summed E-state index contributed by atoms with van der Waals surface area (Å²) in [6.07, 6.45) is 2.89. The third-order valence-corrected chi connectivity index (χ3v) is 4.90. The average Bonchev–Trinajstić information content (AvgIpc) is 3.10. The van der Waals surface area contributed by atoms with E-state index in [0.29, 0.717) is 10.0 Å². The standard InChI is InChI=1S/C15H11N3O3S2/c1-9-2-5-11-12(8-9)23-15(16-11)17-13(19)6-3-10-4-7-14(22-10)18(20)21/h2-8H,1H3,(H,16,17,19). The minimum Gasteiger partial charge on any atom is -0.298 e. The molecule has 1 N–H and O–H groups in total. The van der Waals surface area contributed by atoms with Gasteiger partial charge in [-0.3, -0.25) is 20.2 Å². The maximum atomic E-state index is 11.9. The summed E-state index contributed by atoms with van der Waals surface area (Å²) in [5.74, 6) is -0.322. The van der Waals surface area contributed by atoms with E-state index in [4.69, 9.17) is 0 Å². The largest absolute Gasteiger partial charge is 0.324 e. The summed E-state index contributed by atoms with van der Waals surface area (Å²) < 4.78 is 1.01. The molecule has 0 radical (unpaired) electrons. The number of aromatic nitrogens is 1. The molecule has 0 aliphatic rings. The molecule has 0 saturated heterocycles. The van der Waals surface area contributed by atoms with Crippen molar-refractivity contribution >= 4 is 55.0 Å². The van der Waals surface area contributed by atoms with Crippen LogP contribution in [0.2, 0.25) is 0 Å². The molecule has 3 aromatic rings. The lowest BCUT2D eigenvalue weighted by Crippen LogP contribution is -2.06. The predicted molar refractivity (Wildman–Crippen MR) is 93.0 cm³/mol. The van der Waals surface area contributed by atoms with Crippen LogP contribution >= 0.6 is 22.7 Å². The summed E-state index contributed by atoms with van der Waals surface area (Å²) in [6.45, 7) is 2.00. The van der Waals surface area contributed by atoms with Crippen LogP contribution in [0.4, 0.5) is 10.1 Å². The second-order valence-electron chi connectivity index (χ2n) is 4.75. The zero-order chi connectivity index (χ0) is 16.4. The number of rotatable bonds is 4. The predicted octanol–water partition coefficient (Wildman–Crippen LogP) is 4.23. The first-order valence-electron chi connectivity index (χ1n) is 6.62. The number of thiazole rings is 1. The van der Waals surface area contributed by atoms with Crippen molar-refractivity contribution in [3.05, 3.63) is 57.0 Å². The fourth-order valence-corrected chi connectivity index (χ4v) is 3.61. The van der Waals surface area contributed by atoms with Crippen molar-refractivity contribution in [3.8, 4) is 0 Å². The first-order chi connectivity index (χ1) is 11.0. The Hall–Kier alpha value is -2.58. The van der Waals surface area contributed by atoms with Gasteiger partial charge in [0.05, 0.1) is 15.1 Å². The number of hydrogen-bond donors (Lipinski definition) is 1. The van der Waals surface area contributed by atoms with Crippen LogP contribution < -0.4 is 5.32 Å². The van der Waals surface area contributed by atoms with Crippen molar-refractivity contribution in [2.75, 3.05) is 5.32 Å². The first kappa shape index (κ1) is 15.3. The Kier molecular flexibility index (Phi) is 4.18. The SMILES string of the molecule is Cc1ccc2nc(NC(=O)C=Cc3ccc([N+](=O)[O-])s3)sc2c1. The van der Waals surface area contributed by atoms with Gasteiger partial charge in [-0.15, -0.1) is 0 Å². The maximum Gasteiger partial charge on any atom is 0.324 e. The lowest BCUT2D eigenvalue weighted by molar-refractivity contribution is -0.380. The van der Waals surface area contributed by atoms with Gasteiger partial charge in [0.15, 0.2) is 5.13 Å². The van der Waals surface area contributed by atoms with Gasteiger partial charge in [0.25, 0.3) is 0 Å². The minimum absolute atomic E-state index is 0.0478. The molecule has 116 valence electrons. The monoisotopic (exact) mass is 345 g/mol. The van der Waals surface area contributed by atoms with Gasteiger partial charge in [-0.05, 0) is 36.8 Å². The Labute approximate surface area is 139 Å². The van der Waals surface area contributed by atoms with Gasteiger partial charge in [-0.1, -0.05) is 28.7 Å². The van der Waals surface area contributed by atoms with Gasteiger partial charge in [-0.25, -0.2) is 4.98 Å². The van der Waals surface area contributed by atoms with E-state index in [2.05, 4.69) is 10.3 Å². The fourth-order valence-electron chi connectivity index (χ4n) is 1.92. The average molecular weight is 345 g/mol. The molecule has 0 aliphatic carbocycles. The number of benzene rings is 1. The molecule has 0 spiro atoms. The van der Waals surface area contributed by atoms with E-state index in [1.807, 2.05) is 25.1 Å². The summed E-state index contributed by atoms with van der Waals surface area (Å²) in [4.78, 5) is 27.1. The number of nitro groups is 1. The van der Waals surface area contributed by atoms with Crippen molar-refractivity contribution in [1.82, 2.24) is 4.98 Å². The molecule has 8 heteroatoms. The first-order valence-corrected chi connectivity index (χ1v) is 8.25. The van der Waals surface area contributed by atoms with Gasteiger partial charge in [0.2, 0.25) is 5.91 Å². The Balaban J connectivity index is 1.69. The smallest absolute Gasteiger partial charge is 0.298 e. The Morgan fingerprint density at radius 2 is 2.13 bits per heavy atom. The Morgan fingerprint density at radius 3 is 2.87 bits per heavy atom. The van der Waals surface area contributed by atoms with Crippen molar-refractivity contribution < 1.29 is 9.72 Å². The summed E-state index contributed by atoms with van der Waals surface area (Å²) in [6, 6.07) is 8.92. The van der Waals surface area contributed by atoms with E-state index >= 15 is 0 Å². The zero-order valence-electron chi connectivity index (χ0n) is 12.0. The molecule has 0 unspecified atom stereocenters. The molecule has 0 atom stereocenters. The van der Waals surface area contributed by atoms with E-state index in [1.54, 1.807) is 12.1 Å². The summed E-state index contributed by atoms with van der Waals surface area (Å²) in [5.41, 5.74) is 1.98. The van der Waals surface area contributed by atoms with Crippen molar-refractivity contribution in [2.45, 2.75) is 6.92 Å². The molecule has 0 fully saturated rings. The zero-order valence-corrected chi connectivity index (χ0v) is 13.6. The maximum absolute atomic E-state index is 11.9. The van der Waals surface area contributed by atoms with Crippen LogP contribution in [0, 0.1) is 17.0 Å². The van der Waals surface area contributed by atoms with Crippen LogP contribution in [0.15, 0.2) is 36.4 Å². The molecule has 0 saturated carbocycles. The number of carbonyl (C=O) groups excluding carboxylic acids is 1. The molecule has 0 bridgehead atoms. The van der Waals surface area contributed by atoms with E-state index < -0.39 is 4.92 Å². The van der Waals surface area contributed by atoms with Crippen LogP contribution in [0.3, 0.4) is 0 Å². The normalized spacial score (nSPS) is 11.2. The van der Waals surface area contributed by atoms with Crippen molar-refractivity contribution in [3.63, 3.8) is 0 Å². The van der Waals surface area contributed by atoms with Crippen molar-refractivity contribution in [2.24, 2.45) is 0 Å². The minimum atomic E-state index is -0.453.